The molecule has 0 bridgehead atoms. The highest BCUT2D eigenvalue weighted by atomic mass is 16.1. The van der Waals surface area contributed by atoms with Gasteiger partial charge in [-0.15, -0.1) is 0 Å². The van der Waals surface area contributed by atoms with Gasteiger partial charge in [-0.3, -0.25) is 4.79 Å². The smallest absolute Gasteiger partial charge is 0.239 e. The van der Waals surface area contributed by atoms with Crippen LogP contribution >= 0.6 is 0 Å². The number of nitrogens with zero attached hydrogens (tertiary/aromatic N) is 3. The van der Waals surface area contributed by atoms with Crippen LogP contribution in [0.5, 0.6) is 0 Å². The lowest BCUT2D eigenvalue weighted by atomic mass is 10.3. The Bertz CT molecular complexity index is 416. The van der Waals surface area contributed by atoms with Crippen LogP contribution in [-0.2, 0) is 11.3 Å². The summed E-state index contributed by atoms with van der Waals surface area (Å²) in [6.45, 7) is 3.78. The van der Waals surface area contributed by atoms with Crippen molar-refractivity contribution in [3.63, 3.8) is 0 Å². The fourth-order valence-electron chi connectivity index (χ4n) is 1.73. The molecule has 6 nitrogen and oxygen atoms in total. The number of aromatic nitrogens is 2. The van der Waals surface area contributed by atoms with Gasteiger partial charge < -0.3 is 15.5 Å². The molecule has 2 N–H and O–H groups in total. The molecule has 19 heavy (non-hydrogen) atoms. The lowest BCUT2D eigenvalue weighted by molar-refractivity contribution is -0.119. The standard InChI is InChI=1S/C13H21N5O/c1-3-18(9-12(19)14-2)13-16-7-10(8-17-13)6-15-11-4-5-11/h7-8,11,15H,3-6,9H2,1-2H3,(H,14,19). The minimum absolute atomic E-state index is 0.0371. The monoisotopic (exact) mass is 263 g/mol. The molecule has 104 valence electrons. The maximum Gasteiger partial charge on any atom is 0.239 e. The minimum atomic E-state index is -0.0371. The molecule has 0 aromatic carbocycles. The first-order valence-corrected chi connectivity index (χ1v) is 6.72. The lowest BCUT2D eigenvalue weighted by Gasteiger charge is -2.19. The van der Waals surface area contributed by atoms with Gasteiger partial charge in [0.1, 0.15) is 0 Å². The first kappa shape index (κ1) is 13.7. The topological polar surface area (TPSA) is 70.2 Å². The molecule has 1 amide bonds. The van der Waals surface area contributed by atoms with Crippen LogP contribution < -0.4 is 15.5 Å². The normalized spacial score (nSPS) is 14.2. The van der Waals surface area contributed by atoms with E-state index < -0.39 is 0 Å². The average Bonchev–Trinajstić information content (AvgIpc) is 3.27. The van der Waals surface area contributed by atoms with Crippen molar-refractivity contribution in [3.05, 3.63) is 18.0 Å². The molecule has 0 radical (unpaired) electrons. The van der Waals surface area contributed by atoms with Gasteiger partial charge in [0.15, 0.2) is 0 Å². The third-order valence-electron chi connectivity index (χ3n) is 3.14. The van der Waals surface area contributed by atoms with Gasteiger partial charge in [-0.2, -0.15) is 0 Å². The highest BCUT2D eigenvalue weighted by molar-refractivity contribution is 5.80. The van der Waals surface area contributed by atoms with E-state index in [0.717, 1.165) is 12.1 Å². The summed E-state index contributed by atoms with van der Waals surface area (Å²) in [5.74, 6) is 0.561. The van der Waals surface area contributed by atoms with Crippen molar-refractivity contribution in [3.8, 4) is 0 Å². The molecule has 2 rings (SSSR count). The molecule has 0 aliphatic heterocycles. The molecule has 0 spiro atoms. The molecule has 1 fully saturated rings. The number of hydrogen-bond acceptors (Lipinski definition) is 5. The summed E-state index contributed by atoms with van der Waals surface area (Å²) in [6, 6.07) is 0.681. The van der Waals surface area contributed by atoms with E-state index in [4.69, 9.17) is 0 Å². The second-order valence-corrected chi connectivity index (χ2v) is 4.73. The summed E-state index contributed by atoms with van der Waals surface area (Å²) in [5.41, 5.74) is 1.08. The zero-order chi connectivity index (χ0) is 13.7. The Morgan fingerprint density at radius 3 is 2.63 bits per heavy atom. The zero-order valence-corrected chi connectivity index (χ0v) is 11.5. The molecular formula is C13H21N5O. The number of amides is 1. The van der Waals surface area contributed by atoms with Gasteiger partial charge in [0.05, 0.1) is 6.54 Å². The zero-order valence-electron chi connectivity index (χ0n) is 11.5. The summed E-state index contributed by atoms with van der Waals surface area (Å²) >= 11 is 0. The molecule has 1 aliphatic carbocycles. The van der Waals surface area contributed by atoms with Crippen molar-refractivity contribution in [2.75, 3.05) is 25.0 Å². The Balaban J connectivity index is 1.92. The van der Waals surface area contributed by atoms with Crippen LogP contribution in [0.25, 0.3) is 0 Å². The van der Waals surface area contributed by atoms with Crippen molar-refractivity contribution in [1.29, 1.82) is 0 Å². The molecule has 0 saturated heterocycles. The largest absolute Gasteiger partial charge is 0.358 e. The van der Waals surface area contributed by atoms with Gasteiger partial charge in [-0.1, -0.05) is 0 Å². The Hall–Kier alpha value is -1.69. The van der Waals surface area contributed by atoms with Gasteiger partial charge in [0.2, 0.25) is 11.9 Å². The summed E-state index contributed by atoms with van der Waals surface area (Å²) in [6.07, 6.45) is 6.19. The molecule has 1 aromatic heterocycles. The van der Waals surface area contributed by atoms with E-state index in [1.165, 1.54) is 12.8 Å². The summed E-state index contributed by atoms with van der Waals surface area (Å²) in [5, 5.41) is 6.02. The highest BCUT2D eigenvalue weighted by Gasteiger charge is 2.20. The van der Waals surface area contributed by atoms with Crippen LogP contribution in [0.1, 0.15) is 25.3 Å². The van der Waals surface area contributed by atoms with Crippen LogP contribution in [-0.4, -0.2) is 42.1 Å². The van der Waals surface area contributed by atoms with Gasteiger partial charge in [-0.25, -0.2) is 9.97 Å². The second kappa shape index (κ2) is 6.47. The van der Waals surface area contributed by atoms with E-state index in [0.29, 0.717) is 18.5 Å². The number of hydrogen-bond donors (Lipinski definition) is 2. The Kier molecular flexibility index (Phi) is 4.68. The quantitative estimate of drug-likeness (QED) is 0.740. The van der Waals surface area contributed by atoms with Crippen LogP contribution in [0, 0.1) is 0 Å². The summed E-state index contributed by atoms with van der Waals surface area (Å²) < 4.78 is 0. The molecule has 1 aliphatic rings. The average molecular weight is 263 g/mol. The first-order valence-electron chi connectivity index (χ1n) is 6.72. The Morgan fingerprint density at radius 1 is 1.42 bits per heavy atom. The maximum atomic E-state index is 11.4. The number of likely N-dealkylation sites (N-methyl/N-ethyl adjacent to an activating group) is 2. The summed E-state index contributed by atoms with van der Waals surface area (Å²) in [4.78, 5) is 21.9. The van der Waals surface area contributed by atoms with Crippen LogP contribution in [0.15, 0.2) is 12.4 Å². The number of rotatable bonds is 7. The fourth-order valence-corrected chi connectivity index (χ4v) is 1.73. The lowest BCUT2D eigenvalue weighted by Crippen LogP contribution is -2.36. The van der Waals surface area contributed by atoms with Gasteiger partial charge in [0.25, 0.3) is 0 Å². The van der Waals surface area contributed by atoms with Gasteiger partial charge >= 0.3 is 0 Å². The van der Waals surface area contributed by atoms with E-state index in [-0.39, 0.29) is 12.5 Å². The van der Waals surface area contributed by atoms with Crippen molar-refractivity contribution < 1.29 is 4.79 Å². The Labute approximate surface area is 113 Å². The molecule has 1 aromatic rings. The van der Waals surface area contributed by atoms with Crippen molar-refractivity contribution in [2.24, 2.45) is 0 Å². The minimum Gasteiger partial charge on any atom is -0.358 e. The third kappa shape index (κ3) is 4.17. The molecule has 0 atom stereocenters. The van der Waals surface area contributed by atoms with E-state index in [1.54, 1.807) is 7.05 Å². The molecule has 0 unspecified atom stereocenters. The predicted octanol–water partition coefficient (Wildman–Crippen LogP) is 0.301. The SMILES string of the molecule is CCN(CC(=O)NC)c1ncc(CNC2CC2)cn1. The van der Waals surface area contributed by atoms with Gasteiger partial charge in [0, 0.05) is 44.1 Å². The Morgan fingerprint density at radius 2 is 2.11 bits per heavy atom. The van der Waals surface area contributed by atoms with Crippen molar-refractivity contribution in [2.45, 2.75) is 32.4 Å². The van der Waals surface area contributed by atoms with Crippen molar-refractivity contribution in [1.82, 2.24) is 20.6 Å². The van der Waals surface area contributed by atoms with Crippen LogP contribution in [0.2, 0.25) is 0 Å². The second-order valence-electron chi connectivity index (χ2n) is 4.73. The van der Waals surface area contributed by atoms with Gasteiger partial charge in [-0.05, 0) is 19.8 Å². The van der Waals surface area contributed by atoms with Crippen LogP contribution in [0.4, 0.5) is 5.95 Å². The number of carbonyl (C=O) groups excluding carboxylic acids is 1. The van der Waals surface area contributed by atoms with E-state index in [2.05, 4.69) is 20.6 Å². The number of nitrogens with one attached hydrogen (secondary N) is 2. The molecule has 6 heteroatoms. The number of carbonyl (C=O) groups is 1. The number of anilines is 1. The van der Waals surface area contributed by atoms with Crippen molar-refractivity contribution >= 4 is 11.9 Å². The third-order valence-corrected chi connectivity index (χ3v) is 3.14. The fraction of sp³-hybridized carbons (Fsp3) is 0.615. The van der Waals surface area contributed by atoms with E-state index >= 15 is 0 Å². The van der Waals surface area contributed by atoms with Crippen LogP contribution in [0.3, 0.4) is 0 Å². The maximum absolute atomic E-state index is 11.4. The molecule has 1 heterocycles. The predicted molar refractivity (Wildman–Crippen MR) is 73.8 cm³/mol. The van der Waals surface area contributed by atoms with E-state index in [9.17, 15) is 4.79 Å². The summed E-state index contributed by atoms with van der Waals surface area (Å²) in [7, 11) is 1.63. The first-order chi connectivity index (χ1) is 9.22. The molecular weight excluding hydrogens is 242 g/mol. The van der Waals surface area contributed by atoms with E-state index in [1.807, 2.05) is 24.2 Å². The highest BCUT2D eigenvalue weighted by Crippen LogP contribution is 2.19. The molecule has 1 saturated carbocycles.